The van der Waals surface area contributed by atoms with Crippen LogP contribution < -0.4 is 5.32 Å². The van der Waals surface area contributed by atoms with Gasteiger partial charge in [0.15, 0.2) is 0 Å². The molecule has 2 atom stereocenters. The first kappa shape index (κ1) is 14.6. The predicted molar refractivity (Wildman–Crippen MR) is 87.5 cm³/mol. The number of fused-ring (bicyclic) bond motifs is 1. The van der Waals surface area contributed by atoms with Gasteiger partial charge in [0.1, 0.15) is 0 Å². The normalized spacial score (nSPS) is 18.8. The molecule has 3 rings (SSSR count). The van der Waals surface area contributed by atoms with Gasteiger partial charge in [-0.2, -0.15) is 0 Å². The second-order valence-electron chi connectivity index (χ2n) is 6.08. The Bertz CT molecular complexity index is 607. The molecule has 21 heavy (non-hydrogen) atoms. The van der Waals surface area contributed by atoms with Crippen molar-refractivity contribution < 1.29 is 0 Å². The zero-order chi connectivity index (χ0) is 14.8. The maximum atomic E-state index is 6.00. The van der Waals surface area contributed by atoms with E-state index < -0.39 is 0 Å². The number of halogens is 1. The number of aryl methyl sites for hydroxylation is 1. The molecule has 2 aromatic rings. The number of rotatable bonds is 4. The summed E-state index contributed by atoms with van der Waals surface area (Å²) in [6.45, 7) is 4.50. The van der Waals surface area contributed by atoms with Crippen molar-refractivity contribution in [2.45, 2.75) is 38.8 Å². The molecule has 0 aliphatic heterocycles. The zero-order valence-electron chi connectivity index (χ0n) is 12.5. The highest BCUT2D eigenvalue weighted by atomic mass is 35.5. The van der Waals surface area contributed by atoms with Gasteiger partial charge in [-0.1, -0.05) is 43.6 Å². The molecule has 0 amide bonds. The average Bonchev–Trinajstić information content (AvgIpc) is 2.89. The summed E-state index contributed by atoms with van der Waals surface area (Å²) in [6.07, 6.45) is 4.14. The van der Waals surface area contributed by atoms with E-state index in [4.69, 9.17) is 11.6 Å². The Balaban J connectivity index is 1.82. The molecule has 2 nitrogen and oxygen atoms in total. The molecular formula is C18H21ClN2. The zero-order valence-corrected chi connectivity index (χ0v) is 13.3. The van der Waals surface area contributed by atoms with Crippen LogP contribution in [0.3, 0.4) is 0 Å². The van der Waals surface area contributed by atoms with Gasteiger partial charge in [-0.15, -0.1) is 0 Å². The number of nitrogens with zero attached hydrogens (tertiary/aromatic N) is 1. The van der Waals surface area contributed by atoms with Gasteiger partial charge in [0, 0.05) is 17.3 Å². The van der Waals surface area contributed by atoms with E-state index in [1.54, 1.807) is 0 Å². The monoisotopic (exact) mass is 300 g/mol. The first-order chi connectivity index (χ1) is 10.1. The van der Waals surface area contributed by atoms with Gasteiger partial charge >= 0.3 is 0 Å². The van der Waals surface area contributed by atoms with Crippen molar-refractivity contribution in [3.8, 4) is 0 Å². The Morgan fingerprint density at radius 2 is 1.95 bits per heavy atom. The summed E-state index contributed by atoms with van der Waals surface area (Å²) in [7, 11) is 0. The van der Waals surface area contributed by atoms with Crippen LogP contribution in [0.1, 0.15) is 49.2 Å². The predicted octanol–water partition coefficient (Wildman–Crippen LogP) is 4.71. The summed E-state index contributed by atoms with van der Waals surface area (Å²) in [5.41, 5.74) is 3.89. The molecule has 0 spiro atoms. The molecular weight excluding hydrogens is 280 g/mol. The van der Waals surface area contributed by atoms with Crippen LogP contribution in [-0.2, 0) is 6.42 Å². The molecule has 2 unspecified atom stereocenters. The standard InChI is InChI=1S/C18H21ClN2/c1-12(2)17(14-5-8-15(19)9-6-14)21-16-10-7-13-4-3-11-20-18(13)16/h3-6,8-9,11-12,16-17,21H,7,10H2,1-2H3. The number of pyridine rings is 1. The number of hydrogen-bond donors (Lipinski definition) is 1. The van der Waals surface area contributed by atoms with E-state index in [2.05, 4.69) is 42.3 Å². The van der Waals surface area contributed by atoms with E-state index in [9.17, 15) is 0 Å². The summed E-state index contributed by atoms with van der Waals surface area (Å²) >= 11 is 6.00. The number of hydrogen-bond acceptors (Lipinski definition) is 2. The summed E-state index contributed by atoms with van der Waals surface area (Å²) in [5.74, 6) is 0.513. The lowest BCUT2D eigenvalue weighted by Crippen LogP contribution is -2.29. The third-order valence-corrected chi connectivity index (χ3v) is 4.49. The second kappa shape index (κ2) is 6.17. The SMILES string of the molecule is CC(C)C(NC1CCc2cccnc21)c1ccc(Cl)cc1. The Hall–Kier alpha value is -1.38. The Kier molecular flexibility index (Phi) is 4.27. The highest BCUT2D eigenvalue weighted by molar-refractivity contribution is 6.30. The van der Waals surface area contributed by atoms with Gasteiger partial charge < -0.3 is 5.32 Å². The maximum absolute atomic E-state index is 6.00. The number of aromatic nitrogens is 1. The molecule has 0 fully saturated rings. The van der Waals surface area contributed by atoms with E-state index in [-0.39, 0.29) is 0 Å². The van der Waals surface area contributed by atoms with E-state index in [0.29, 0.717) is 18.0 Å². The van der Waals surface area contributed by atoms with Crippen LogP contribution in [0.2, 0.25) is 5.02 Å². The molecule has 0 saturated carbocycles. The molecule has 0 saturated heterocycles. The Morgan fingerprint density at radius 1 is 1.19 bits per heavy atom. The van der Waals surface area contributed by atoms with Gasteiger partial charge in [0.05, 0.1) is 11.7 Å². The molecule has 110 valence electrons. The molecule has 1 aliphatic carbocycles. The molecule has 1 aromatic heterocycles. The molecule has 1 aromatic carbocycles. The van der Waals surface area contributed by atoms with Crippen molar-refractivity contribution in [2.75, 3.05) is 0 Å². The third-order valence-electron chi connectivity index (χ3n) is 4.24. The maximum Gasteiger partial charge on any atom is 0.0605 e. The first-order valence-electron chi connectivity index (χ1n) is 7.60. The minimum atomic E-state index is 0.320. The quantitative estimate of drug-likeness (QED) is 0.884. The summed E-state index contributed by atoms with van der Waals surface area (Å²) in [6, 6.07) is 13.1. The van der Waals surface area contributed by atoms with Crippen LogP contribution >= 0.6 is 11.6 Å². The van der Waals surface area contributed by atoms with E-state index >= 15 is 0 Å². The molecule has 0 radical (unpaired) electrons. The van der Waals surface area contributed by atoms with Crippen LogP contribution in [0.5, 0.6) is 0 Å². The minimum absolute atomic E-state index is 0.320. The minimum Gasteiger partial charge on any atom is -0.301 e. The van der Waals surface area contributed by atoms with Crippen LogP contribution in [-0.4, -0.2) is 4.98 Å². The highest BCUT2D eigenvalue weighted by Crippen LogP contribution is 2.33. The molecule has 0 bridgehead atoms. The topological polar surface area (TPSA) is 24.9 Å². The summed E-state index contributed by atoms with van der Waals surface area (Å²) < 4.78 is 0. The van der Waals surface area contributed by atoms with Crippen molar-refractivity contribution >= 4 is 11.6 Å². The van der Waals surface area contributed by atoms with Crippen molar-refractivity contribution in [2.24, 2.45) is 5.92 Å². The van der Waals surface area contributed by atoms with E-state index in [1.807, 2.05) is 24.4 Å². The number of benzene rings is 1. The lowest BCUT2D eigenvalue weighted by atomic mass is 9.95. The lowest BCUT2D eigenvalue weighted by Gasteiger charge is -2.27. The third kappa shape index (κ3) is 3.12. The van der Waals surface area contributed by atoms with Crippen LogP contribution in [0, 0.1) is 5.92 Å². The Labute approximate surface area is 131 Å². The van der Waals surface area contributed by atoms with Crippen molar-refractivity contribution in [1.82, 2.24) is 10.3 Å². The summed E-state index contributed by atoms with van der Waals surface area (Å²) in [4.78, 5) is 4.58. The van der Waals surface area contributed by atoms with Crippen molar-refractivity contribution in [1.29, 1.82) is 0 Å². The fourth-order valence-corrected chi connectivity index (χ4v) is 3.26. The van der Waals surface area contributed by atoms with Gasteiger partial charge in [-0.05, 0) is 48.1 Å². The lowest BCUT2D eigenvalue weighted by molar-refractivity contribution is 0.358. The van der Waals surface area contributed by atoms with Crippen molar-refractivity contribution in [3.63, 3.8) is 0 Å². The van der Waals surface area contributed by atoms with Gasteiger partial charge in [0.25, 0.3) is 0 Å². The first-order valence-corrected chi connectivity index (χ1v) is 7.98. The van der Waals surface area contributed by atoms with Gasteiger partial charge in [-0.25, -0.2) is 0 Å². The van der Waals surface area contributed by atoms with Crippen molar-refractivity contribution in [3.05, 3.63) is 64.4 Å². The Morgan fingerprint density at radius 3 is 2.67 bits per heavy atom. The number of nitrogens with one attached hydrogen (secondary N) is 1. The fraction of sp³-hybridized carbons (Fsp3) is 0.389. The van der Waals surface area contributed by atoms with Gasteiger partial charge in [0.2, 0.25) is 0 Å². The smallest absolute Gasteiger partial charge is 0.0605 e. The fourth-order valence-electron chi connectivity index (χ4n) is 3.14. The highest BCUT2D eigenvalue weighted by Gasteiger charge is 2.27. The van der Waals surface area contributed by atoms with E-state index in [1.165, 1.54) is 16.8 Å². The molecule has 1 aliphatic rings. The van der Waals surface area contributed by atoms with Crippen LogP contribution in [0.15, 0.2) is 42.6 Å². The molecule has 1 N–H and O–H groups in total. The van der Waals surface area contributed by atoms with Crippen LogP contribution in [0.4, 0.5) is 0 Å². The molecule has 3 heteroatoms. The molecule has 1 heterocycles. The second-order valence-corrected chi connectivity index (χ2v) is 6.52. The summed E-state index contributed by atoms with van der Waals surface area (Å²) in [5, 5.41) is 4.59. The van der Waals surface area contributed by atoms with E-state index in [0.717, 1.165) is 17.9 Å². The average molecular weight is 301 g/mol. The van der Waals surface area contributed by atoms with Crippen LogP contribution in [0.25, 0.3) is 0 Å². The van der Waals surface area contributed by atoms with Gasteiger partial charge in [-0.3, -0.25) is 4.98 Å². The largest absolute Gasteiger partial charge is 0.301 e.